The van der Waals surface area contributed by atoms with Crippen LogP contribution in [0.5, 0.6) is 0 Å². The van der Waals surface area contributed by atoms with Crippen molar-refractivity contribution in [3.05, 3.63) is 36.0 Å². The van der Waals surface area contributed by atoms with Crippen LogP contribution in [0.2, 0.25) is 0 Å². The fourth-order valence-corrected chi connectivity index (χ4v) is 1.67. The number of ether oxygens (including phenoxy) is 1. The van der Waals surface area contributed by atoms with Gasteiger partial charge in [0, 0.05) is 29.7 Å². The van der Waals surface area contributed by atoms with E-state index in [4.69, 9.17) is 10.00 Å². The molecule has 1 amide bonds. The first-order valence-electron chi connectivity index (χ1n) is 5.52. The second-order valence-electron chi connectivity index (χ2n) is 3.93. The summed E-state index contributed by atoms with van der Waals surface area (Å²) in [7, 11) is 1.53. The number of aromatic amines is 1. The quantitative estimate of drug-likeness (QED) is 0.840. The van der Waals surface area contributed by atoms with E-state index in [9.17, 15) is 4.79 Å². The highest BCUT2D eigenvalue weighted by Gasteiger charge is 2.10. The molecule has 0 radical (unpaired) electrons. The molecule has 2 rings (SSSR count). The van der Waals surface area contributed by atoms with Crippen LogP contribution in [0, 0.1) is 11.3 Å². The van der Waals surface area contributed by atoms with Gasteiger partial charge in [0.05, 0.1) is 6.07 Å². The Bertz CT molecular complexity index is 598. The predicted octanol–water partition coefficient (Wildman–Crippen LogP) is 2.26. The first-order valence-corrected chi connectivity index (χ1v) is 5.52. The number of hydrogen-bond acceptors (Lipinski definition) is 3. The van der Waals surface area contributed by atoms with Crippen LogP contribution in [-0.4, -0.2) is 29.6 Å². The maximum absolute atomic E-state index is 11.5. The monoisotopic (exact) mass is 243 g/mol. The van der Waals surface area contributed by atoms with Crippen molar-refractivity contribution in [1.82, 2.24) is 9.88 Å². The summed E-state index contributed by atoms with van der Waals surface area (Å²) in [5.41, 5.74) is 1.93. The maximum Gasteiger partial charge on any atom is 0.410 e. The van der Waals surface area contributed by atoms with Crippen LogP contribution < -0.4 is 0 Å². The fraction of sp³-hybridized carbons (Fsp3) is 0.231. The van der Waals surface area contributed by atoms with Gasteiger partial charge in [-0.3, -0.25) is 4.90 Å². The van der Waals surface area contributed by atoms with Crippen molar-refractivity contribution < 1.29 is 9.53 Å². The molecule has 92 valence electrons. The Morgan fingerprint density at radius 2 is 2.28 bits per heavy atom. The molecule has 0 aliphatic rings. The van der Waals surface area contributed by atoms with Gasteiger partial charge < -0.3 is 9.72 Å². The summed E-state index contributed by atoms with van der Waals surface area (Å²) in [5, 5.41) is 9.51. The molecule has 1 heterocycles. The van der Waals surface area contributed by atoms with E-state index in [0.717, 1.165) is 16.5 Å². The molecule has 0 fully saturated rings. The Balaban J connectivity index is 2.03. The molecule has 0 spiro atoms. The number of nitrogens with zero attached hydrogens (tertiary/aromatic N) is 2. The van der Waals surface area contributed by atoms with E-state index in [-0.39, 0.29) is 13.2 Å². The van der Waals surface area contributed by atoms with Crippen LogP contribution >= 0.6 is 0 Å². The highest BCUT2D eigenvalue weighted by atomic mass is 16.6. The number of hydrogen-bond donors (Lipinski definition) is 1. The molecule has 1 N–H and O–H groups in total. The fourth-order valence-electron chi connectivity index (χ4n) is 1.67. The number of nitrogens with one attached hydrogen (secondary N) is 1. The number of carbonyl (C=O) groups is 1. The highest BCUT2D eigenvalue weighted by Crippen LogP contribution is 2.18. The molecule has 5 nitrogen and oxygen atoms in total. The molecule has 5 heteroatoms. The summed E-state index contributed by atoms with van der Waals surface area (Å²) < 4.78 is 5.12. The van der Waals surface area contributed by atoms with E-state index in [1.165, 1.54) is 11.9 Å². The lowest BCUT2D eigenvalue weighted by atomic mass is 10.2. The molecule has 0 bridgehead atoms. The number of nitriles is 1. The van der Waals surface area contributed by atoms with Gasteiger partial charge in [-0.15, -0.1) is 0 Å². The van der Waals surface area contributed by atoms with Crippen LogP contribution in [-0.2, 0) is 11.3 Å². The minimum Gasteiger partial charge on any atom is -0.444 e. The summed E-state index contributed by atoms with van der Waals surface area (Å²) in [6, 6.07) is 9.69. The molecule has 0 saturated carbocycles. The molecule has 0 atom stereocenters. The average Bonchev–Trinajstić information content (AvgIpc) is 2.79. The largest absolute Gasteiger partial charge is 0.444 e. The van der Waals surface area contributed by atoms with E-state index in [0.29, 0.717) is 0 Å². The number of rotatable bonds is 3. The highest BCUT2D eigenvalue weighted by molar-refractivity contribution is 5.83. The number of benzene rings is 1. The third-order valence-electron chi connectivity index (χ3n) is 2.65. The lowest BCUT2D eigenvalue weighted by Gasteiger charge is -2.12. The normalized spacial score (nSPS) is 10.0. The third-order valence-corrected chi connectivity index (χ3v) is 2.65. The molecule has 0 unspecified atom stereocenters. The molecule has 0 aliphatic carbocycles. The summed E-state index contributed by atoms with van der Waals surface area (Å²) in [6.45, 7) is 0.214. The van der Waals surface area contributed by atoms with Gasteiger partial charge in [0.15, 0.2) is 0 Å². The Morgan fingerprint density at radius 3 is 3.06 bits per heavy atom. The van der Waals surface area contributed by atoms with Crippen molar-refractivity contribution >= 4 is 17.0 Å². The van der Waals surface area contributed by atoms with E-state index < -0.39 is 6.09 Å². The Labute approximate surface area is 105 Å². The summed E-state index contributed by atoms with van der Waals surface area (Å²) >= 11 is 0. The van der Waals surface area contributed by atoms with Gasteiger partial charge >= 0.3 is 6.09 Å². The maximum atomic E-state index is 11.5. The molecule has 2 aromatic rings. The lowest BCUT2D eigenvalue weighted by Crippen LogP contribution is -2.27. The average molecular weight is 243 g/mol. The second kappa shape index (κ2) is 5.23. The van der Waals surface area contributed by atoms with Gasteiger partial charge in [-0.25, -0.2) is 4.79 Å². The van der Waals surface area contributed by atoms with Gasteiger partial charge in [-0.2, -0.15) is 5.26 Å². The van der Waals surface area contributed by atoms with Crippen LogP contribution in [0.3, 0.4) is 0 Å². The number of aromatic nitrogens is 1. The van der Waals surface area contributed by atoms with Gasteiger partial charge in [-0.05, 0) is 6.07 Å². The zero-order valence-corrected chi connectivity index (χ0v) is 10.0. The smallest absolute Gasteiger partial charge is 0.410 e. The van der Waals surface area contributed by atoms with E-state index >= 15 is 0 Å². The van der Waals surface area contributed by atoms with Gasteiger partial charge in [-0.1, -0.05) is 18.2 Å². The minimum absolute atomic E-state index is 0.0206. The second-order valence-corrected chi connectivity index (χ2v) is 3.93. The third kappa shape index (κ3) is 2.43. The number of H-pyrrole nitrogens is 1. The van der Waals surface area contributed by atoms with E-state index in [1.54, 1.807) is 0 Å². The standard InChI is InChI=1S/C13H13N3O2/c1-16(7-6-14)13(17)18-9-10-8-15-12-5-3-2-4-11(10)12/h2-5,8,15H,7,9H2,1H3. The number of carbonyl (C=O) groups excluding carboxylic acids is 1. The summed E-state index contributed by atoms with van der Waals surface area (Å²) in [6.07, 6.45) is 1.32. The van der Waals surface area contributed by atoms with Gasteiger partial charge in [0.1, 0.15) is 13.2 Å². The first kappa shape index (κ1) is 12.0. The van der Waals surface area contributed by atoms with Crippen molar-refractivity contribution in [2.75, 3.05) is 13.6 Å². The number of para-hydroxylation sites is 1. The zero-order chi connectivity index (χ0) is 13.0. The SMILES string of the molecule is CN(CC#N)C(=O)OCc1c[nH]c2ccccc12. The van der Waals surface area contributed by atoms with E-state index in [2.05, 4.69) is 4.98 Å². The topological polar surface area (TPSA) is 69.1 Å². The molecular formula is C13H13N3O2. The van der Waals surface area contributed by atoms with Crippen molar-refractivity contribution in [2.24, 2.45) is 0 Å². The Kier molecular flexibility index (Phi) is 3.49. The predicted molar refractivity (Wildman–Crippen MR) is 66.7 cm³/mol. The van der Waals surface area contributed by atoms with E-state index in [1.807, 2.05) is 36.5 Å². The Morgan fingerprint density at radius 1 is 1.50 bits per heavy atom. The summed E-state index contributed by atoms with van der Waals surface area (Å²) in [4.78, 5) is 15.8. The van der Waals surface area contributed by atoms with Crippen LogP contribution in [0.1, 0.15) is 5.56 Å². The van der Waals surface area contributed by atoms with Crippen LogP contribution in [0.15, 0.2) is 30.5 Å². The molecule has 0 saturated heterocycles. The van der Waals surface area contributed by atoms with Crippen LogP contribution in [0.25, 0.3) is 10.9 Å². The van der Waals surface area contributed by atoms with Gasteiger partial charge in [0.25, 0.3) is 0 Å². The number of amides is 1. The molecule has 1 aromatic carbocycles. The molecule has 0 aliphatic heterocycles. The van der Waals surface area contributed by atoms with Crippen molar-refractivity contribution in [1.29, 1.82) is 5.26 Å². The van der Waals surface area contributed by atoms with Gasteiger partial charge in [0.2, 0.25) is 0 Å². The summed E-state index contributed by atoms with van der Waals surface area (Å²) in [5.74, 6) is 0. The zero-order valence-electron chi connectivity index (χ0n) is 10.0. The molecule has 1 aromatic heterocycles. The van der Waals surface area contributed by atoms with Crippen molar-refractivity contribution in [3.8, 4) is 6.07 Å². The van der Waals surface area contributed by atoms with Crippen molar-refractivity contribution in [2.45, 2.75) is 6.61 Å². The molecular weight excluding hydrogens is 230 g/mol. The van der Waals surface area contributed by atoms with Crippen molar-refractivity contribution in [3.63, 3.8) is 0 Å². The lowest BCUT2D eigenvalue weighted by molar-refractivity contribution is 0.109. The Hall–Kier alpha value is -2.48. The first-order chi connectivity index (χ1) is 8.72. The van der Waals surface area contributed by atoms with Crippen LogP contribution in [0.4, 0.5) is 4.79 Å². The minimum atomic E-state index is -0.498. The number of fused-ring (bicyclic) bond motifs is 1. The molecule has 18 heavy (non-hydrogen) atoms.